The molecule has 0 N–H and O–H groups in total. The molecule has 0 aliphatic carbocycles. The number of amides is 1. The fourth-order valence-corrected chi connectivity index (χ4v) is 3.31. The topological polar surface area (TPSA) is 46.1 Å². The number of hydrogen-bond donors (Lipinski definition) is 0. The number of hydrogen-bond acceptors (Lipinski definition) is 4. The summed E-state index contributed by atoms with van der Waals surface area (Å²) in [4.78, 5) is 24.0. The van der Waals surface area contributed by atoms with Crippen LogP contribution in [0.25, 0.3) is 0 Å². The molecule has 1 saturated heterocycles. The molecule has 0 unspecified atom stereocenters. The summed E-state index contributed by atoms with van der Waals surface area (Å²) in [5, 5.41) is 2.06. The molecule has 1 aliphatic heterocycles. The Kier molecular flexibility index (Phi) is 3.29. The van der Waals surface area contributed by atoms with Crippen molar-refractivity contribution in [3.05, 3.63) is 46.2 Å². The van der Waals surface area contributed by atoms with Crippen LogP contribution in [0.15, 0.2) is 29.9 Å². The minimum absolute atomic E-state index is 0.0107. The number of aromatic nitrogens is 2. The molecule has 1 atom stereocenters. The fraction of sp³-hybridized carbons (Fsp3) is 0.357. The Balaban J connectivity index is 1.84. The molecule has 1 amide bonds. The Hall–Kier alpha value is -1.75. The van der Waals surface area contributed by atoms with Crippen molar-refractivity contribution >= 4 is 17.2 Å². The van der Waals surface area contributed by atoms with Gasteiger partial charge in [0.1, 0.15) is 5.69 Å². The molecule has 3 rings (SSSR count). The first kappa shape index (κ1) is 12.3. The third kappa shape index (κ3) is 2.38. The van der Waals surface area contributed by atoms with Gasteiger partial charge in [0, 0.05) is 17.6 Å². The van der Waals surface area contributed by atoms with Crippen molar-refractivity contribution in [2.45, 2.75) is 25.8 Å². The minimum atomic E-state index is -0.0107. The Bertz CT molecular complexity index is 565. The van der Waals surface area contributed by atoms with Gasteiger partial charge in [0.15, 0.2) is 0 Å². The third-order valence-electron chi connectivity index (χ3n) is 3.39. The number of thiophene rings is 1. The van der Waals surface area contributed by atoms with E-state index in [9.17, 15) is 4.79 Å². The summed E-state index contributed by atoms with van der Waals surface area (Å²) in [5.74, 6) is -0.0107. The quantitative estimate of drug-likeness (QED) is 0.845. The van der Waals surface area contributed by atoms with E-state index in [1.54, 1.807) is 23.7 Å². The predicted molar refractivity (Wildman–Crippen MR) is 74.1 cm³/mol. The van der Waals surface area contributed by atoms with Gasteiger partial charge in [0.05, 0.1) is 17.9 Å². The monoisotopic (exact) mass is 273 g/mol. The van der Waals surface area contributed by atoms with Crippen LogP contribution >= 0.6 is 11.3 Å². The molecule has 0 bridgehead atoms. The number of carbonyl (C=O) groups excluding carboxylic acids is 1. The van der Waals surface area contributed by atoms with Crippen LogP contribution in [0.4, 0.5) is 0 Å². The zero-order valence-corrected chi connectivity index (χ0v) is 11.6. The molecule has 0 saturated carbocycles. The van der Waals surface area contributed by atoms with Crippen LogP contribution in [-0.2, 0) is 0 Å². The molecule has 19 heavy (non-hydrogen) atoms. The van der Waals surface area contributed by atoms with Gasteiger partial charge in [-0.3, -0.25) is 9.78 Å². The normalized spacial score (nSPS) is 18.8. The molecule has 98 valence electrons. The van der Waals surface area contributed by atoms with Gasteiger partial charge in [0.25, 0.3) is 5.91 Å². The molecular formula is C14H15N3OS. The van der Waals surface area contributed by atoms with E-state index in [0.717, 1.165) is 25.1 Å². The number of likely N-dealkylation sites (tertiary alicyclic amines) is 1. The van der Waals surface area contributed by atoms with Gasteiger partial charge in [0.2, 0.25) is 0 Å². The first-order valence-corrected chi connectivity index (χ1v) is 7.26. The Morgan fingerprint density at radius 1 is 1.42 bits per heavy atom. The highest BCUT2D eigenvalue weighted by molar-refractivity contribution is 7.10. The molecule has 3 heterocycles. The van der Waals surface area contributed by atoms with E-state index in [0.29, 0.717) is 5.69 Å². The third-order valence-corrected chi connectivity index (χ3v) is 4.36. The molecule has 0 aromatic carbocycles. The molecule has 4 nitrogen and oxygen atoms in total. The maximum atomic E-state index is 12.5. The van der Waals surface area contributed by atoms with Crippen molar-refractivity contribution < 1.29 is 4.79 Å². The molecule has 0 spiro atoms. The van der Waals surface area contributed by atoms with Crippen molar-refractivity contribution in [2.75, 3.05) is 6.54 Å². The van der Waals surface area contributed by atoms with Crippen molar-refractivity contribution in [3.63, 3.8) is 0 Å². The minimum Gasteiger partial charge on any atom is -0.329 e. The molecule has 5 heteroatoms. The van der Waals surface area contributed by atoms with E-state index >= 15 is 0 Å². The summed E-state index contributed by atoms with van der Waals surface area (Å²) in [7, 11) is 0. The second-order valence-electron chi connectivity index (χ2n) is 4.72. The average molecular weight is 273 g/mol. The maximum absolute atomic E-state index is 12.5. The predicted octanol–water partition coefficient (Wildman–Crippen LogP) is 2.82. The molecule has 2 aromatic heterocycles. The summed E-state index contributed by atoms with van der Waals surface area (Å²) in [6.45, 7) is 2.67. The maximum Gasteiger partial charge on any atom is 0.274 e. The highest BCUT2D eigenvalue weighted by Crippen LogP contribution is 2.35. The lowest BCUT2D eigenvalue weighted by atomic mass is 10.2. The Morgan fingerprint density at radius 2 is 2.32 bits per heavy atom. The van der Waals surface area contributed by atoms with Crippen LogP contribution in [0.2, 0.25) is 0 Å². The van der Waals surface area contributed by atoms with E-state index in [4.69, 9.17) is 0 Å². The molecule has 1 aliphatic rings. The van der Waals surface area contributed by atoms with Crippen molar-refractivity contribution in [2.24, 2.45) is 0 Å². The molecule has 1 fully saturated rings. The highest BCUT2D eigenvalue weighted by Gasteiger charge is 2.31. The smallest absolute Gasteiger partial charge is 0.274 e. The van der Waals surface area contributed by atoms with Gasteiger partial charge >= 0.3 is 0 Å². The van der Waals surface area contributed by atoms with E-state index in [-0.39, 0.29) is 11.9 Å². The van der Waals surface area contributed by atoms with Gasteiger partial charge < -0.3 is 4.90 Å². The van der Waals surface area contributed by atoms with E-state index < -0.39 is 0 Å². The first-order chi connectivity index (χ1) is 9.25. The summed E-state index contributed by atoms with van der Waals surface area (Å²) >= 11 is 1.71. The van der Waals surface area contributed by atoms with Crippen LogP contribution in [0.1, 0.15) is 39.9 Å². The van der Waals surface area contributed by atoms with E-state index in [1.807, 2.05) is 17.9 Å². The molecular weight excluding hydrogens is 258 g/mol. The number of aryl methyl sites for hydroxylation is 1. The fourth-order valence-electron chi connectivity index (χ4n) is 2.44. The summed E-state index contributed by atoms with van der Waals surface area (Å²) in [5.41, 5.74) is 1.27. The number of carbonyl (C=O) groups is 1. The van der Waals surface area contributed by atoms with Gasteiger partial charge in [-0.25, -0.2) is 4.98 Å². The van der Waals surface area contributed by atoms with E-state index in [2.05, 4.69) is 21.4 Å². The summed E-state index contributed by atoms with van der Waals surface area (Å²) in [6.07, 6.45) is 5.30. The Labute approximate surface area is 116 Å². The lowest BCUT2D eigenvalue weighted by Crippen LogP contribution is -2.30. The zero-order chi connectivity index (χ0) is 13.2. The van der Waals surface area contributed by atoms with Crippen molar-refractivity contribution in [1.82, 2.24) is 14.9 Å². The van der Waals surface area contributed by atoms with Gasteiger partial charge in [-0.15, -0.1) is 11.3 Å². The van der Waals surface area contributed by atoms with Crippen LogP contribution in [0.3, 0.4) is 0 Å². The van der Waals surface area contributed by atoms with Gasteiger partial charge in [-0.2, -0.15) is 0 Å². The van der Waals surface area contributed by atoms with Crippen LogP contribution in [-0.4, -0.2) is 27.3 Å². The number of rotatable bonds is 2. The van der Waals surface area contributed by atoms with Gasteiger partial charge in [-0.05, 0) is 31.2 Å². The first-order valence-electron chi connectivity index (χ1n) is 6.39. The largest absolute Gasteiger partial charge is 0.329 e. The lowest BCUT2D eigenvalue weighted by molar-refractivity contribution is 0.0731. The summed E-state index contributed by atoms with van der Waals surface area (Å²) in [6, 6.07) is 4.34. The molecule has 2 aromatic rings. The Morgan fingerprint density at radius 3 is 3.00 bits per heavy atom. The van der Waals surface area contributed by atoms with Gasteiger partial charge in [-0.1, -0.05) is 6.07 Å². The highest BCUT2D eigenvalue weighted by atomic mass is 32.1. The number of nitrogens with zero attached hydrogens (tertiary/aromatic N) is 3. The zero-order valence-electron chi connectivity index (χ0n) is 10.7. The average Bonchev–Trinajstić information content (AvgIpc) is 3.09. The standard InChI is InChI=1S/C14H15N3OS/c1-10-8-16-11(9-15-10)14(18)17-6-2-4-12(17)13-5-3-7-19-13/h3,5,7-9,12H,2,4,6H2,1H3/t12-/m1/s1. The second-order valence-corrected chi connectivity index (χ2v) is 5.69. The van der Waals surface area contributed by atoms with E-state index in [1.165, 1.54) is 4.88 Å². The molecule has 0 radical (unpaired) electrons. The SMILES string of the molecule is Cc1cnc(C(=O)N2CCC[C@@H]2c2cccs2)cn1. The second kappa shape index (κ2) is 5.09. The summed E-state index contributed by atoms with van der Waals surface area (Å²) < 4.78 is 0. The van der Waals surface area contributed by atoms with Crippen LogP contribution < -0.4 is 0 Å². The van der Waals surface area contributed by atoms with Crippen LogP contribution in [0, 0.1) is 6.92 Å². The van der Waals surface area contributed by atoms with Crippen molar-refractivity contribution in [1.29, 1.82) is 0 Å². The lowest BCUT2D eigenvalue weighted by Gasteiger charge is -2.23. The van der Waals surface area contributed by atoms with Crippen molar-refractivity contribution in [3.8, 4) is 0 Å². The van der Waals surface area contributed by atoms with Crippen LogP contribution in [0.5, 0.6) is 0 Å².